The van der Waals surface area contributed by atoms with Crippen LogP contribution in [0.25, 0.3) is 0 Å². The standard InChI is InChI=1S/C13H24N2O4S/c1-4-9(8-20-3)15(2)13(18)14-7-10-5-6-11(19-10)12(16)17/h9-11H,4-8H2,1-3H3,(H,14,18)(H,16,17). The molecule has 0 aromatic carbocycles. The van der Waals surface area contributed by atoms with Gasteiger partial charge in [-0.1, -0.05) is 6.92 Å². The zero-order chi connectivity index (χ0) is 15.1. The van der Waals surface area contributed by atoms with Crippen LogP contribution in [0.2, 0.25) is 0 Å². The topological polar surface area (TPSA) is 78.9 Å². The number of carboxylic acid groups (broad SMARTS) is 1. The van der Waals surface area contributed by atoms with Crippen molar-refractivity contribution in [2.45, 2.75) is 44.4 Å². The maximum absolute atomic E-state index is 12.0. The molecule has 2 amide bonds. The number of carbonyl (C=O) groups excluding carboxylic acids is 1. The van der Waals surface area contributed by atoms with Gasteiger partial charge in [-0.3, -0.25) is 0 Å². The van der Waals surface area contributed by atoms with Crippen molar-refractivity contribution >= 4 is 23.8 Å². The highest BCUT2D eigenvalue weighted by molar-refractivity contribution is 7.98. The predicted molar refractivity (Wildman–Crippen MR) is 79.2 cm³/mol. The molecule has 0 aliphatic carbocycles. The molecule has 0 saturated carbocycles. The van der Waals surface area contributed by atoms with Crippen molar-refractivity contribution in [3.63, 3.8) is 0 Å². The van der Waals surface area contributed by atoms with Crippen LogP contribution in [-0.4, -0.2) is 65.9 Å². The number of rotatable bonds is 7. The van der Waals surface area contributed by atoms with Crippen molar-refractivity contribution in [1.29, 1.82) is 0 Å². The summed E-state index contributed by atoms with van der Waals surface area (Å²) >= 11 is 1.72. The average molecular weight is 304 g/mol. The summed E-state index contributed by atoms with van der Waals surface area (Å²) < 4.78 is 5.35. The van der Waals surface area contributed by atoms with Crippen LogP contribution in [0.3, 0.4) is 0 Å². The second-order valence-corrected chi connectivity index (χ2v) is 5.89. The van der Waals surface area contributed by atoms with Gasteiger partial charge in [-0.05, 0) is 25.5 Å². The third-order valence-electron chi connectivity index (χ3n) is 3.56. The van der Waals surface area contributed by atoms with Crippen molar-refractivity contribution in [3.8, 4) is 0 Å². The number of hydrogen-bond acceptors (Lipinski definition) is 4. The number of hydrogen-bond donors (Lipinski definition) is 2. The normalized spacial score (nSPS) is 23.4. The Morgan fingerprint density at radius 2 is 2.20 bits per heavy atom. The Kier molecular flexibility index (Phi) is 7.15. The van der Waals surface area contributed by atoms with E-state index in [1.165, 1.54) is 0 Å². The molecule has 0 spiro atoms. The fraction of sp³-hybridized carbons (Fsp3) is 0.846. The van der Waals surface area contributed by atoms with Crippen LogP contribution in [0, 0.1) is 0 Å². The molecule has 0 bridgehead atoms. The number of thioether (sulfide) groups is 1. The summed E-state index contributed by atoms with van der Waals surface area (Å²) in [6.45, 7) is 2.42. The van der Waals surface area contributed by atoms with E-state index >= 15 is 0 Å². The van der Waals surface area contributed by atoms with Crippen LogP contribution in [0.15, 0.2) is 0 Å². The van der Waals surface area contributed by atoms with E-state index < -0.39 is 12.1 Å². The second-order valence-electron chi connectivity index (χ2n) is 4.98. The van der Waals surface area contributed by atoms with Crippen molar-refractivity contribution in [2.24, 2.45) is 0 Å². The summed E-state index contributed by atoms with van der Waals surface area (Å²) in [7, 11) is 1.79. The fourth-order valence-electron chi connectivity index (χ4n) is 2.23. The first-order chi connectivity index (χ1) is 9.49. The van der Waals surface area contributed by atoms with Gasteiger partial charge in [0, 0.05) is 25.4 Å². The Bertz CT molecular complexity index is 340. The summed E-state index contributed by atoms with van der Waals surface area (Å²) in [4.78, 5) is 24.5. The predicted octanol–water partition coefficient (Wildman–Crippen LogP) is 1.40. The summed E-state index contributed by atoms with van der Waals surface area (Å²) in [6, 6.07) is 0.0783. The first-order valence-corrected chi connectivity index (χ1v) is 8.26. The first kappa shape index (κ1) is 17.1. The third-order valence-corrected chi connectivity index (χ3v) is 4.28. The van der Waals surface area contributed by atoms with Gasteiger partial charge in [0.15, 0.2) is 6.10 Å². The number of nitrogens with one attached hydrogen (secondary N) is 1. The van der Waals surface area contributed by atoms with Gasteiger partial charge in [-0.25, -0.2) is 9.59 Å². The Balaban J connectivity index is 2.34. The van der Waals surface area contributed by atoms with Crippen LogP contribution in [0.1, 0.15) is 26.2 Å². The number of aliphatic carboxylic acids is 1. The lowest BCUT2D eigenvalue weighted by Crippen LogP contribution is -2.46. The number of nitrogens with zero attached hydrogens (tertiary/aromatic N) is 1. The molecule has 3 atom stereocenters. The van der Waals surface area contributed by atoms with Crippen LogP contribution >= 0.6 is 11.8 Å². The summed E-state index contributed by atoms with van der Waals surface area (Å²) in [5.41, 5.74) is 0. The molecule has 0 radical (unpaired) electrons. The quantitative estimate of drug-likeness (QED) is 0.743. The summed E-state index contributed by atoms with van der Waals surface area (Å²) in [6.07, 6.45) is 3.18. The first-order valence-electron chi connectivity index (χ1n) is 6.87. The number of carboxylic acids is 1. The Hall–Kier alpha value is -0.950. The van der Waals surface area contributed by atoms with Gasteiger partial charge in [0.1, 0.15) is 0 Å². The van der Waals surface area contributed by atoms with Crippen molar-refractivity contribution in [2.75, 3.05) is 25.6 Å². The fourth-order valence-corrected chi connectivity index (χ4v) is 3.07. The van der Waals surface area contributed by atoms with Crippen LogP contribution in [0.5, 0.6) is 0 Å². The zero-order valence-corrected chi connectivity index (χ0v) is 13.1. The van der Waals surface area contributed by atoms with Gasteiger partial charge >= 0.3 is 12.0 Å². The molecular formula is C13H24N2O4S. The van der Waals surface area contributed by atoms with Crippen molar-refractivity contribution in [3.05, 3.63) is 0 Å². The van der Waals surface area contributed by atoms with Gasteiger partial charge in [0.05, 0.1) is 6.10 Å². The van der Waals surface area contributed by atoms with E-state index in [-0.39, 0.29) is 18.2 Å². The van der Waals surface area contributed by atoms with E-state index in [4.69, 9.17) is 9.84 Å². The average Bonchev–Trinajstić information content (AvgIpc) is 2.90. The maximum Gasteiger partial charge on any atom is 0.332 e. The molecule has 3 unspecified atom stereocenters. The third kappa shape index (κ3) is 4.86. The monoisotopic (exact) mass is 304 g/mol. The van der Waals surface area contributed by atoms with Crippen LogP contribution in [0.4, 0.5) is 4.79 Å². The van der Waals surface area contributed by atoms with Gasteiger partial charge in [0.2, 0.25) is 0 Å². The number of amides is 2. The molecule has 7 heteroatoms. The summed E-state index contributed by atoms with van der Waals surface area (Å²) in [5.74, 6) is -0.0245. The van der Waals surface area contributed by atoms with Gasteiger partial charge < -0.3 is 20.1 Å². The molecule has 1 aliphatic heterocycles. The number of ether oxygens (including phenoxy) is 1. The highest BCUT2D eigenvalue weighted by Gasteiger charge is 2.30. The zero-order valence-electron chi connectivity index (χ0n) is 12.3. The minimum Gasteiger partial charge on any atom is -0.479 e. The van der Waals surface area contributed by atoms with E-state index in [1.54, 1.807) is 23.7 Å². The Labute approximate surface area is 124 Å². The van der Waals surface area contributed by atoms with Crippen LogP contribution < -0.4 is 5.32 Å². The van der Waals surface area contributed by atoms with Crippen molar-refractivity contribution < 1.29 is 19.4 Å². The van der Waals surface area contributed by atoms with Crippen LogP contribution in [-0.2, 0) is 9.53 Å². The lowest BCUT2D eigenvalue weighted by Gasteiger charge is -2.27. The molecule has 116 valence electrons. The number of carbonyl (C=O) groups is 2. The second kappa shape index (κ2) is 8.36. The highest BCUT2D eigenvalue weighted by Crippen LogP contribution is 2.19. The maximum atomic E-state index is 12.0. The molecule has 20 heavy (non-hydrogen) atoms. The molecule has 1 saturated heterocycles. The Morgan fingerprint density at radius 3 is 2.70 bits per heavy atom. The van der Waals surface area contributed by atoms with E-state index in [2.05, 4.69) is 12.2 Å². The van der Waals surface area contributed by atoms with Crippen molar-refractivity contribution in [1.82, 2.24) is 10.2 Å². The Morgan fingerprint density at radius 1 is 1.50 bits per heavy atom. The van der Waals surface area contributed by atoms with E-state index in [1.807, 2.05) is 6.26 Å². The van der Waals surface area contributed by atoms with E-state index in [0.717, 1.165) is 12.2 Å². The highest BCUT2D eigenvalue weighted by atomic mass is 32.2. The molecule has 1 aliphatic rings. The SMILES string of the molecule is CCC(CSC)N(C)C(=O)NCC1CCC(C(=O)O)O1. The lowest BCUT2D eigenvalue weighted by molar-refractivity contribution is -0.149. The molecule has 2 N–H and O–H groups in total. The molecule has 6 nitrogen and oxygen atoms in total. The lowest BCUT2D eigenvalue weighted by atomic mass is 10.2. The molecule has 1 rings (SSSR count). The molecule has 0 aromatic rings. The minimum atomic E-state index is -0.929. The minimum absolute atomic E-state index is 0.131. The molecule has 1 heterocycles. The smallest absolute Gasteiger partial charge is 0.332 e. The molecule has 1 fully saturated rings. The van der Waals surface area contributed by atoms with Gasteiger partial charge in [-0.2, -0.15) is 11.8 Å². The van der Waals surface area contributed by atoms with Gasteiger partial charge in [-0.15, -0.1) is 0 Å². The number of urea groups is 1. The van der Waals surface area contributed by atoms with E-state index in [0.29, 0.717) is 19.4 Å². The van der Waals surface area contributed by atoms with E-state index in [9.17, 15) is 9.59 Å². The summed E-state index contributed by atoms with van der Waals surface area (Å²) in [5, 5.41) is 11.7. The molecule has 0 aromatic heterocycles. The molecular weight excluding hydrogens is 280 g/mol. The largest absolute Gasteiger partial charge is 0.479 e. The van der Waals surface area contributed by atoms with Gasteiger partial charge in [0.25, 0.3) is 0 Å².